The van der Waals surface area contributed by atoms with Gasteiger partial charge in [0.1, 0.15) is 0 Å². The highest BCUT2D eigenvalue weighted by Gasteiger charge is 2.16. The van der Waals surface area contributed by atoms with Crippen molar-refractivity contribution in [1.29, 1.82) is 0 Å². The van der Waals surface area contributed by atoms with E-state index in [1.165, 1.54) is 18.5 Å². The molecule has 0 aromatic heterocycles. The summed E-state index contributed by atoms with van der Waals surface area (Å²) in [4.78, 5) is 0. The van der Waals surface area contributed by atoms with Gasteiger partial charge in [0, 0.05) is 33.8 Å². The first kappa shape index (κ1) is 16.1. The number of methoxy groups -OCH3 is 1. The Bertz CT molecular complexity index is 473. The molecule has 0 saturated heterocycles. The first-order valence-corrected chi connectivity index (χ1v) is 7.41. The van der Waals surface area contributed by atoms with Gasteiger partial charge in [0.2, 0.25) is 0 Å². The largest absolute Gasteiger partial charge is 0.383 e. The number of nitrogens with one attached hydrogen (secondary N) is 1. The van der Waals surface area contributed by atoms with Gasteiger partial charge in [-0.25, -0.2) is 0 Å². The average molecular weight is 287 g/mol. The van der Waals surface area contributed by atoms with Crippen LogP contribution in [0.5, 0.6) is 0 Å². The first-order chi connectivity index (χ1) is 8.99. The summed E-state index contributed by atoms with van der Waals surface area (Å²) < 4.78 is 32.3. The molecular formula is C12H21N3O3S. The van der Waals surface area contributed by atoms with Gasteiger partial charge < -0.3 is 10.5 Å². The third-order valence-corrected chi connectivity index (χ3v) is 4.18. The van der Waals surface area contributed by atoms with Gasteiger partial charge in [-0.1, -0.05) is 24.3 Å². The Hall–Kier alpha value is -0.990. The van der Waals surface area contributed by atoms with Gasteiger partial charge >= 0.3 is 0 Å². The Balaban J connectivity index is 2.59. The zero-order chi connectivity index (χ0) is 14.3. The molecule has 0 unspecified atom stereocenters. The molecule has 1 rings (SSSR count). The molecular weight excluding hydrogens is 266 g/mol. The minimum atomic E-state index is -3.47. The third kappa shape index (κ3) is 5.25. The maximum atomic E-state index is 11.9. The molecule has 108 valence electrons. The predicted molar refractivity (Wildman–Crippen MR) is 74.6 cm³/mol. The van der Waals surface area contributed by atoms with Crippen LogP contribution in [0, 0.1) is 0 Å². The second-order valence-electron chi connectivity index (χ2n) is 4.17. The van der Waals surface area contributed by atoms with Gasteiger partial charge in [-0.15, -0.1) is 0 Å². The highest BCUT2D eigenvalue weighted by molar-refractivity contribution is 7.87. The Morgan fingerprint density at radius 1 is 1.26 bits per heavy atom. The fraction of sp³-hybridized carbons (Fsp3) is 0.500. The van der Waals surface area contributed by atoms with Crippen LogP contribution in [-0.4, -0.2) is 40.0 Å². The lowest BCUT2D eigenvalue weighted by Gasteiger charge is -2.17. The van der Waals surface area contributed by atoms with E-state index in [1.54, 1.807) is 0 Å². The highest BCUT2D eigenvalue weighted by Crippen LogP contribution is 2.08. The molecule has 1 aromatic rings. The quantitative estimate of drug-likeness (QED) is 0.662. The van der Waals surface area contributed by atoms with Gasteiger partial charge in [0.15, 0.2) is 0 Å². The molecule has 0 atom stereocenters. The lowest BCUT2D eigenvalue weighted by molar-refractivity contribution is 0.204. The molecule has 0 bridgehead atoms. The van der Waals surface area contributed by atoms with Crippen LogP contribution in [-0.2, 0) is 28.0 Å². The van der Waals surface area contributed by atoms with Crippen LogP contribution in [0.15, 0.2) is 24.3 Å². The van der Waals surface area contributed by atoms with E-state index in [-0.39, 0.29) is 6.54 Å². The number of hydrogen-bond acceptors (Lipinski definition) is 4. The fourth-order valence-corrected chi connectivity index (χ4v) is 2.39. The molecule has 0 saturated carbocycles. The Morgan fingerprint density at radius 3 is 2.37 bits per heavy atom. The minimum Gasteiger partial charge on any atom is -0.383 e. The topological polar surface area (TPSA) is 84.7 Å². The van der Waals surface area contributed by atoms with Crippen molar-refractivity contribution in [2.24, 2.45) is 5.73 Å². The predicted octanol–water partition coefficient (Wildman–Crippen LogP) is 0.0579. The van der Waals surface area contributed by atoms with E-state index >= 15 is 0 Å². The van der Waals surface area contributed by atoms with Gasteiger partial charge in [0.05, 0.1) is 6.61 Å². The smallest absolute Gasteiger partial charge is 0.279 e. The second kappa shape index (κ2) is 7.56. The maximum absolute atomic E-state index is 11.9. The van der Waals surface area contributed by atoms with Crippen molar-refractivity contribution in [3.8, 4) is 0 Å². The van der Waals surface area contributed by atoms with E-state index < -0.39 is 10.2 Å². The summed E-state index contributed by atoms with van der Waals surface area (Å²) in [6.07, 6.45) is 0. The van der Waals surface area contributed by atoms with Crippen LogP contribution in [0.3, 0.4) is 0 Å². The molecule has 19 heavy (non-hydrogen) atoms. The number of hydrogen-bond donors (Lipinski definition) is 2. The van der Waals surface area contributed by atoms with Gasteiger partial charge in [0.25, 0.3) is 10.2 Å². The first-order valence-electron chi connectivity index (χ1n) is 5.97. The number of benzene rings is 1. The summed E-state index contributed by atoms with van der Waals surface area (Å²) in [7, 11) is -0.409. The summed E-state index contributed by atoms with van der Waals surface area (Å²) in [5, 5.41) is 0. The fourth-order valence-electron chi connectivity index (χ4n) is 1.51. The summed E-state index contributed by atoms with van der Waals surface area (Å²) in [5.41, 5.74) is 7.44. The van der Waals surface area contributed by atoms with Gasteiger partial charge in [-0.3, -0.25) is 0 Å². The van der Waals surface area contributed by atoms with Crippen molar-refractivity contribution >= 4 is 10.2 Å². The highest BCUT2D eigenvalue weighted by atomic mass is 32.2. The van der Waals surface area contributed by atoms with Crippen molar-refractivity contribution in [3.63, 3.8) is 0 Å². The van der Waals surface area contributed by atoms with E-state index in [2.05, 4.69) is 4.72 Å². The zero-order valence-corrected chi connectivity index (χ0v) is 12.1. The molecule has 0 aliphatic rings. The van der Waals surface area contributed by atoms with E-state index in [0.29, 0.717) is 19.7 Å². The Kier molecular flexibility index (Phi) is 6.40. The molecule has 0 spiro atoms. The van der Waals surface area contributed by atoms with Crippen molar-refractivity contribution in [2.75, 3.05) is 27.3 Å². The van der Waals surface area contributed by atoms with Crippen molar-refractivity contribution in [2.45, 2.75) is 13.1 Å². The van der Waals surface area contributed by atoms with Gasteiger partial charge in [-0.2, -0.15) is 17.4 Å². The summed E-state index contributed by atoms with van der Waals surface area (Å²) in [5.74, 6) is 0. The second-order valence-corrected chi connectivity index (χ2v) is 6.03. The van der Waals surface area contributed by atoms with E-state index in [9.17, 15) is 8.42 Å². The molecule has 0 fully saturated rings. The molecule has 7 heteroatoms. The lowest BCUT2D eigenvalue weighted by Crippen LogP contribution is -2.39. The average Bonchev–Trinajstić information content (AvgIpc) is 2.39. The zero-order valence-electron chi connectivity index (χ0n) is 11.3. The minimum absolute atomic E-state index is 0.259. The molecule has 0 radical (unpaired) electrons. The number of nitrogens with two attached hydrogens (primary N) is 1. The standard InChI is InChI=1S/C12H21N3O3S/c1-15(19(16,17)14-7-8-18-2)10-12-5-3-11(9-13)4-6-12/h3-6,14H,7-10,13H2,1-2H3. The molecule has 0 aliphatic carbocycles. The Morgan fingerprint density at radius 2 is 1.84 bits per heavy atom. The molecule has 1 aromatic carbocycles. The van der Waals surface area contributed by atoms with E-state index in [0.717, 1.165) is 11.1 Å². The Labute approximate surface area is 114 Å². The van der Waals surface area contributed by atoms with Crippen LogP contribution in [0.4, 0.5) is 0 Å². The van der Waals surface area contributed by atoms with Crippen LogP contribution in [0.25, 0.3) is 0 Å². The maximum Gasteiger partial charge on any atom is 0.279 e. The van der Waals surface area contributed by atoms with Crippen molar-refractivity contribution in [3.05, 3.63) is 35.4 Å². The van der Waals surface area contributed by atoms with Gasteiger partial charge in [-0.05, 0) is 11.1 Å². The normalized spacial score (nSPS) is 12.0. The number of ether oxygens (including phenoxy) is 1. The van der Waals surface area contributed by atoms with E-state index in [4.69, 9.17) is 10.5 Å². The number of nitrogens with zero attached hydrogens (tertiary/aromatic N) is 1. The third-order valence-electron chi connectivity index (χ3n) is 2.66. The molecule has 0 aliphatic heterocycles. The van der Waals surface area contributed by atoms with Crippen molar-refractivity contribution in [1.82, 2.24) is 9.03 Å². The summed E-state index contributed by atoms with van der Waals surface area (Å²) in [6, 6.07) is 7.55. The summed E-state index contributed by atoms with van der Waals surface area (Å²) >= 11 is 0. The molecule has 0 heterocycles. The van der Waals surface area contributed by atoms with Crippen LogP contribution in [0.1, 0.15) is 11.1 Å². The number of rotatable bonds is 8. The molecule has 0 amide bonds. The van der Waals surface area contributed by atoms with Crippen molar-refractivity contribution < 1.29 is 13.2 Å². The SMILES string of the molecule is COCCNS(=O)(=O)N(C)Cc1ccc(CN)cc1. The van der Waals surface area contributed by atoms with E-state index in [1.807, 2.05) is 24.3 Å². The molecule has 3 N–H and O–H groups in total. The monoisotopic (exact) mass is 287 g/mol. The van der Waals surface area contributed by atoms with Crippen LogP contribution < -0.4 is 10.5 Å². The summed E-state index contributed by atoms with van der Waals surface area (Å²) in [6.45, 7) is 1.40. The van der Waals surface area contributed by atoms with Crippen LogP contribution in [0.2, 0.25) is 0 Å². The lowest BCUT2D eigenvalue weighted by atomic mass is 10.1. The molecule has 6 nitrogen and oxygen atoms in total. The van der Waals surface area contributed by atoms with Crippen LogP contribution >= 0.6 is 0 Å².